The first-order valence-corrected chi connectivity index (χ1v) is 9.80. The summed E-state index contributed by atoms with van der Waals surface area (Å²) in [6, 6.07) is 7.14. The molecule has 0 unspecified atom stereocenters. The fourth-order valence-corrected chi connectivity index (χ4v) is 4.35. The van der Waals surface area contributed by atoms with Crippen LogP contribution in [0.15, 0.2) is 41.5 Å². The molecule has 10 heteroatoms. The summed E-state index contributed by atoms with van der Waals surface area (Å²) < 4.78 is 54.0. The number of pyridine rings is 1. The van der Waals surface area contributed by atoms with E-state index in [1.807, 2.05) is 0 Å². The number of alkyl halides is 2. The van der Waals surface area contributed by atoms with E-state index in [1.54, 1.807) is 12.1 Å². The number of aliphatic imine (C=N–C) groups is 1. The first-order valence-electron chi connectivity index (χ1n) is 9.42. The van der Waals surface area contributed by atoms with E-state index in [9.17, 15) is 13.2 Å². The number of nitrogens with one attached hydrogen (secondary N) is 1. The highest BCUT2D eigenvalue weighted by Crippen LogP contribution is 2.56. The molecule has 2 aromatic rings. The summed E-state index contributed by atoms with van der Waals surface area (Å²) >= 11 is 5.92. The van der Waals surface area contributed by atoms with Crippen molar-refractivity contribution in [2.45, 2.75) is 30.0 Å². The predicted molar refractivity (Wildman–Crippen MR) is 104 cm³/mol. The summed E-state index contributed by atoms with van der Waals surface area (Å²) in [5.74, 6) is -1.40. The zero-order chi connectivity index (χ0) is 21.1. The number of hydrogen-bond acceptors (Lipinski definition) is 6. The van der Waals surface area contributed by atoms with Crippen LogP contribution in [0.4, 0.5) is 18.9 Å². The molecule has 2 fully saturated rings. The number of anilines is 1. The van der Waals surface area contributed by atoms with Gasteiger partial charge < -0.3 is 20.5 Å². The Morgan fingerprint density at radius 3 is 2.67 bits per heavy atom. The fraction of sp³-hybridized carbons (Fsp3) is 0.400. The van der Waals surface area contributed by atoms with Crippen LogP contribution in [0.25, 0.3) is 0 Å². The fourth-order valence-electron chi connectivity index (χ4n) is 4.24. The third-order valence-corrected chi connectivity index (χ3v) is 6.12. The van der Waals surface area contributed by atoms with Gasteiger partial charge in [-0.2, -0.15) is 0 Å². The number of hydrogen-bond donors (Lipinski definition) is 2. The normalized spacial score (nSPS) is 28.8. The quantitative estimate of drug-likeness (QED) is 0.747. The van der Waals surface area contributed by atoms with Crippen LogP contribution in [0, 0.1) is 11.7 Å². The molecule has 0 radical (unpaired) electrons. The molecule has 1 aromatic heterocycles. The van der Waals surface area contributed by atoms with E-state index in [0.29, 0.717) is 36.0 Å². The minimum absolute atomic E-state index is 0.208. The minimum Gasteiger partial charge on any atom is -0.462 e. The number of nitrogens with two attached hydrogens (primary N) is 1. The molecule has 0 spiro atoms. The monoisotopic (exact) mass is 438 g/mol. The molecular formula is C20H18ClF3N4O2. The van der Waals surface area contributed by atoms with Crippen molar-refractivity contribution in [3.8, 4) is 0 Å². The van der Waals surface area contributed by atoms with Crippen LogP contribution < -0.4 is 11.1 Å². The molecular weight excluding hydrogens is 421 g/mol. The first kappa shape index (κ1) is 19.4. The maximum absolute atomic E-state index is 14.8. The largest absolute Gasteiger partial charge is 0.462 e. The van der Waals surface area contributed by atoms with Crippen LogP contribution in [-0.4, -0.2) is 36.7 Å². The zero-order valence-corrected chi connectivity index (χ0v) is 16.4. The van der Waals surface area contributed by atoms with Crippen molar-refractivity contribution in [3.63, 3.8) is 0 Å². The smallest absolute Gasteiger partial charge is 0.283 e. The van der Waals surface area contributed by atoms with Gasteiger partial charge in [0, 0.05) is 23.4 Å². The van der Waals surface area contributed by atoms with E-state index < -0.39 is 35.3 Å². The molecule has 1 aliphatic carbocycles. The molecule has 5 rings (SSSR count). The average Bonchev–Trinajstić information content (AvgIpc) is 3.45. The Morgan fingerprint density at radius 1 is 1.23 bits per heavy atom. The molecule has 3 aliphatic rings. The van der Waals surface area contributed by atoms with E-state index in [-0.39, 0.29) is 11.6 Å². The molecule has 3 N–H and O–H groups in total. The summed E-state index contributed by atoms with van der Waals surface area (Å²) in [5.41, 5.74) is 3.81. The Bertz CT molecular complexity index is 1020. The van der Waals surface area contributed by atoms with Crippen LogP contribution in [0.5, 0.6) is 0 Å². The molecule has 1 saturated heterocycles. The Balaban J connectivity index is 1.54. The molecule has 0 amide bonds. The van der Waals surface area contributed by atoms with Gasteiger partial charge >= 0.3 is 0 Å². The van der Waals surface area contributed by atoms with E-state index in [0.717, 1.165) is 6.07 Å². The van der Waals surface area contributed by atoms with E-state index in [2.05, 4.69) is 15.3 Å². The number of halogens is 4. The van der Waals surface area contributed by atoms with Crippen molar-refractivity contribution in [1.29, 1.82) is 0 Å². The number of ether oxygens (including phenoxy) is 2. The Hall–Kier alpha value is -2.52. The lowest BCUT2D eigenvalue weighted by Crippen LogP contribution is -2.53. The van der Waals surface area contributed by atoms with E-state index in [1.165, 1.54) is 18.3 Å². The van der Waals surface area contributed by atoms with Gasteiger partial charge in [-0.15, -0.1) is 0 Å². The molecule has 3 atom stereocenters. The summed E-state index contributed by atoms with van der Waals surface area (Å²) in [4.78, 5) is 8.25. The van der Waals surface area contributed by atoms with Crippen molar-refractivity contribution < 1.29 is 22.6 Å². The van der Waals surface area contributed by atoms with E-state index in [4.69, 9.17) is 26.8 Å². The summed E-state index contributed by atoms with van der Waals surface area (Å²) in [6.45, 7) is 0.635. The third kappa shape index (κ3) is 2.91. The standard InChI is InChI=1S/C20H18ClF3N4O2/c21-10-1-4-16(26-7-10)19(8-29-9-19)27-11-2-3-14(22)12(5-11)20(17(23)24)13-6-15(13)30-18(25)28-20/h1-5,7,13,15,17,27H,6,8-9H2,(H2,25,28)/t13-,15+,20+/m0/s1. The SMILES string of the molecule is NC1=N[C@@](c2cc(NC3(c4ccc(Cl)cn4)COC3)ccc2F)(C(F)F)[C@H]2C[C@H]2O1. The number of rotatable bonds is 5. The second kappa shape index (κ2) is 6.75. The Labute approximate surface area is 175 Å². The van der Waals surface area contributed by atoms with E-state index >= 15 is 0 Å². The number of nitrogens with zero attached hydrogens (tertiary/aromatic N) is 2. The van der Waals surface area contributed by atoms with Crippen LogP contribution in [0.3, 0.4) is 0 Å². The highest BCUT2D eigenvalue weighted by molar-refractivity contribution is 6.30. The van der Waals surface area contributed by atoms with Gasteiger partial charge in [0.05, 0.1) is 23.9 Å². The lowest BCUT2D eigenvalue weighted by Gasteiger charge is -2.42. The molecule has 30 heavy (non-hydrogen) atoms. The van der Waals surface area contributed by atoms with Crippen LogP contribution >= 0.6 is 11.6 Å². The topological polar surface area (TPSA) is 81.8 Å². The number of aromatic nitrogens is 1. The van der Waals surface area contributed by atoms with Gasteiger partial charge in [0.25, 0.3) is 12.4 Å². The molecule has 1 aromatic carbocycles. The van der Waals surface area contributed by atoms with Crippen molar-refractivity contribution in [2.75, 3.05) is 18.5 Å². The highest BCUT2D eigenvalue weighted by atomic mass is 35.5. The van der Waals surface area contributed by atoms with Gasteiger partial charge in [-0.25, -0.2) is 18.2 Å². The van der Waals surface area contributed by atoms with Gasteiger partial charge in [0.15, 0.2) is 5.54 Å². The molecule has 158 valence electrons. The summed E-state index contributed by atoms with van der Waals surface area (Å²) in [5, 5.41) is 3.77. The van der Waals surface area contributed by atoms with Crippen LogP contribution in [0.2, 0.25) is 5.02 Å². The van der Waals surface area contributed by atoms with Gasteiger partial charge in [0.2, 0.25) is 0 Å². The van der Waals surface area contributed by atoms with Gasteiger partial charge in [-0.3, -0.25) is 4.98 Å². The Morgan fingerprint density at radius 2 is 2.03 bits per heavy atom. The molecule has 6 nitrogen and oxygen atoms in total. The second-order valence-electron chi connectivity index (χ2n) is 7.83. The molecule has 2 aliphatic heterocycles. The summed E-state index contributed by atoms with van der Waals surface area (Å²) in [7, 11) is 0. The van der Waals surface area contributed by atoms with Crippen LogP contribution in [-0.2, 0) is 20.6 Å². The summed E-state index contributed by atoms with van der Waals surface area (Å²) in [6.07, 6.45) is -1.55. The van der Waals surface area contributed by atoms with Crippen molar-refractivity contribution in [2.24, 2.45) is 16.6 Å². The maximum Gasteiger partial charge on any atom is 0.283 e. The van der Waals surface area contributed by atoms with Crippen molar-refractivity contribution in [3.05, 3.63) is 58.6 Å². The maximum atomic E-state index is 14.8. The van der Waals surface area contributed by atoms with Gasteiger partial charge in [-0.05, 0) is 36.8 Å². The van der Waals surface area contributed by atoms with Gasteiger partial charge in [-0.1, -0.05) is 11.6 Å². The zero-order valence-electron chi connectivity index (χ0n) is 15.6. The minimum atomic E-state index is -2.95. The van der Waals surface area contributed by atoms with Crippen molar-refractivity contribution >= 4 is 23.3 Å². The first-order chi connectivity index (χ1) is 14.3. The number of benzene rings is 1. The number of amidine groups is 1. The molecule has 3 heterocycles. The lowest BCUT2D eigenvalue weighted by atomic mass is 9.84. The third-order valence-electron chi connectivity index (χ3n) is 5.89. The highest BCUT2D eigenvalue weighted by Gasteiger charge is 2.64. The molecule has 1 saturated carbocycles. The van der Waals surface area contributed by atoms with Crippen LogP contribution in [0.1, 0.15) is 17.7 Å². The van der Waals surface area contributed by atoms with Gasteiger partial charge in [0.1, 0.15) is 17.5 Å². The second-order valence-corrected chi connectivity index (χ2v) is 8.27. The van der Waals surface area contributed by atoms with Crippen molar-refractivity contribution in [1.82, 2.24) is 4.98 Å². The lowest BCUT2D eigenvalue weighted by molar-refractivity contribution is -0.0467. The number of fused-ring (bicyclic) bond motifs is 1. The average molecular weight is 439 g/mol. The Kier molecular flexibility index (Phi) is 4.37. The molecule has 0 bridgehead atoms. The predicted octanol–water partition coefficient (Wildman–Crippen LogP) is 3.41.